The van der Waals surface area contributed by atoms with Gasteiger partial charge < -0.3 is 5.73 Å². The quantitative estimate of drug-likeness (QED) is 0.851. The van der Waals surface area contributed by atoms with Crippen LogP contribution in [0.25, 0.3) is 0 Å². The van der Waals surface area contributed by atoms with Crippen molar-refractivity contribution in [1.29, 1.82) is 0 Å². The fraction of sp³-hybridized carbons (Fsp3) is 0.571. The summed E-state index contributed by atoms with van der Waals surface area (Å²) in [6.45, 7) is 3.98. The molecule has 6 heteroatoms. The number of hydrogen-bond donors (Lipinski definition) is 2. The molecule has 3 N–H and O–H groups in total. The molecular formula is C14H23N3O2S. The molecule has 0 aliphatic carbocycles. The summed E-state index contributed by atoms with van der Waals surface area (Å²) in [5, 5.41) is 0. The molecule has 1 aromatic rings. The number of piperidine rings is 1. The molecule has 1 atom stereocenters. The van der Waals surface area contributed by atoms with Gasteiger partial charge in [-0.05, 0) is 37.8 Å². The standard InChI is InChI=1S/C14H23N3O2S/c1-12-4-2-5-13(8-12)10-16-20(18,19)17-7-3-6-14(9-15)11-17/h2,4-5,8,14,16H,3,6-7,9-11,15H2,1H3. The van der Waals surface area contributed by atoms with Crippen LogP contribution in [0.1, 0.15) is 24.0 Å². The lowest BCUT2D eigenvalue weighted by Gasteiger charge is -2.31. The molecule has 1 saturated heterocycles. The zero-order chi connectivity index (χ0) is 14.6. The van der Waals surface area contributed by atoms with E-state index in [-0.39, 0.29) is 5.92 Å². The molecule has 0 amide bonds. The zero-order valence-electron chi connectivity index (χ0n) is 11.9. The van der Waals surface area contributed by atoms with E-state index in [1.54, 1.807) is 0 Å². The van der Waals surface area contributed by atoms with Crippen LogP contribution in [0, 0.1) is 12.8 Å². The highest BCUT2D eigenvalue weighted by Gasteiger charge is 2.27. The number of aryl methyl sites for hydroxylation is 1. The monoisotopic (exact) mass is 297 g/mol. The second-order valence-electron chi connectivity index (χ2n) is 5.42. The fourth-order valence-electron chi connectivity index (χ4n) is 2.53. The minimum atomic E-state index is -3.41. The van der Waals surface area contributed by atoms with Crippen LogP contribution in [0.2, 0.25) is 0 Å². The molecule has 1 unspecified atom stereocenters. The van der Waals surface area contributed by atoms with Crippen molar-refractivity contribution in [1.82, 2.24) is 9.03 Å². The average molecular weight is 297 g/mol. The second-order valence-corrected chi connectivity index (χ2v) is 7.17. The summed E-state index contributed by atoms with van der Waals surface area (Å²) in [5.74, 6) is 0.277. The summed E-state index contributed by atoms with van der Waals surface area (Å²) >= 11 is 0. The predicted octanol–water partition coefficient (Wildman–Crippen LogP) is 1.00. The highest BCUT2D eigenvalue weighted by Crippen LogP contribution is 2.17. The van der Waals surface area contributed by atoms with Gasteiger partial charge in [-0.2, -0.15) is 17.4 Å². The average Bonchev–Trinajstić information content (AvgIpc) is 2.45. The van der Waals surface area contributed by atoms with E-state index in [1.807, 2.05) is 31.2 Å². The lowest BCUT2D eigenvalue weighted by molar-refractivity contribution is 0.268. The van der Waals surface area contributed by atoms with Gasteiger partial charge in [0.25, 0.3) is 10.2 Å². The van der Waals surface area contributed by atoms with Gasteiger partial charge in [0.1, 0.15) is 0 Å². The minimum Gasteiger partial charge on any atom is -0.330 e. The molecule has 1 aromatic carbocycles. The summed E-state index contributed by atoms with van der Waals surface area (Å²) < 4.78 is 28.8. The van der Waals surface area contributed by atoms with Crippen LogP contribution in [0.4, 0.5) is 0 Å². The van der Waals surface area contributed by atoms with E-state index in [2.05, 4.69) is 4.72 Å². The first-order valence-electron chi connectivity index (χ1n) is 7.01. The van der Waals surface area contributed by atoms with E-state index in [4.69, 9.17) is 5.73 Å². The van der Waals surface area contributed by atoms with Crippen molar-refractivity contribution >= 4 is 10.2 Å². The Hall–Kier alpha value is -0.950. The maximum Gasteiger partial charge on any atom is 0.279 e. The predicted molar refractivity (Wildman–Crippen MR) is 80.3 cm³/mol. The maximum atomic E-state index is 12.3. The molecule has 1 heterocycles. The summed E-state index contributed by atoms with van der Waals surface area (Å²) in [6.07, 6.45) is 1.90. The van der Waals surface area contributed by atoms with Gasteiger partial charge in [0, 0.05) is 19.6 Å². The van der Waals surface area contributed by atoms with Crippen molar-refractivity contribution < 1.29 is 8.42 Å². The Morgan fingerprint density at radius 3 is 2.95 bits per heavy atom. The lowest BCUT2D eigenvalue weighted by Crippen LogP contribution is -2.47. The van der Waals surface area contributed by atoms with Gasteiger partial charge in [0.05, 0.1) is 0 Å². The van der Waals surface area contributed by atoms with Crippen LogP contribution >= 0.6 is 0 Å². The third-order valence-electron chi connectivity index (χ3n) is 3.70. The SMILES string of the molecule is Cc1cccc(CNS(=O)(=O)N2CCCC(CN)C2)c1. The van der Waals surface area contributed by atoms with Crippen molar-refractivity contribution in [2.24, 2.45) is 11.7 Å². The van der Waals surface area contributed by atoms with Crippen molar-refractivity contribution in [3.8, 4) is 0 Å². The highest BCUT2D eigenvalue weighted by molar-refractivity contribution is 7.87. The maximum absolute atomic E-state index is 12.3. The van der Waals surface area contributed by atoms with Gasteiger partial charge in [-0.3, -0.25) is 0 Å². The molecule has 1 fully saturated rings. The molecule has 5 nitrogen and oxygen atoms in total. The normalized spacial score (nSPS) is 21.0. The molecule has 2 rings (SSSR count). The molecule has 112 valence electrons. The molecule has 1 aliphatic rings. The van der Waals surface area contributed by atoms with Gasteiger partial charge >= 0.3 is 0 Å². The van der Waals surface area contributed by atoms with Crippen molar-refractivity contribution in [2.75, 3.05) is 19.6 Å². The van der Waals surface area contributed by atoms with Gasteiger partial charge in [-0.15, -0.1) is 0 Å². The molecule has 0 spiro atoms. The van der Waals surface area contributed by atoms with Crippen molar-refractivity contribution in [3.63, 3.8) is 0 Å². The Balaban J connectivity index is 1.97. The first kappa shape index (κ1) is 15.4. The summed E-state index contributed by atoms with van der Waals surface area (Å²) in [4.78, 5) is 0. The Kier molecular flexibility index (Phi) is 5.15. The molecule has 0 radical (unpaired) electrons. The summed E-state index contributed by atoms with van der Waals surface area (Å²) in [6, 6.07) is 7.84. The Morgan fingerprint density at radius 1 is 1.45 bits per heavy atom. The molecule has 0 saturated carbocycles. The Labute approximate surface area is 121 Å². The number of nitrogens with two attached hydrogens (primary N) is 1. The first-order chi connectivity index (χ1) is 9.51. The van der Waals surface area contributed by atoms with Crippen molar-refractivity contribution in [2.45, 2.75) is 26.3 Å². The van der Waals surface area contributed by atoms with Gasteiger partial charge in [-0.1, -0.05) is 29.8 Å². The summed E-state index contributed by atoms with van der Waals surface area (Å²) in [7, 11) is -3.41. The smallest absolute Gasteiger partial charge is 0.279 e. The van der Waals surface area contributed by atoms with Crippen LogP contribution in [-0.4, -0.2) is 32.4 Å². The number of benzene rings is 1. The van der Waals surface area contributed by atoms with Crippen LogP contribution in [0.15, 0.2) is 24.3 Å². The first-order valence-corrected chi connectivity index (χ1v) is 8.45. The topological polar surface area (TPSA) is 75.4 Å². The van der Waals surface area contributed by atoms with E-state index >= 15 is 0 Å². The molecule has 0 aromatic heterocycles. The second kappa shape index (κ2) is 6.67. The van der Waals surface area contributed by atoms with Crippen LogP contribution < -0.4 is 10.5 Å². The van der Waals surface area contributed by atoms with Gasteiger partial charge in [-0.25, -0.2) is 0 Å². The number of hydrogen-bond acceptors (Lipinski definition) is 3. The number of rotatable bonds is 5. The Morgan fingerprint density at radius 2 is 2.25 bits per heavy atom. The molecular weight excluding hydrogens is 274 g/mol. The van der Waals surface area contributed by atoms with Crippen LogP contribution in [-0.2, 0) is 16.8 Å². The van der Waals surface area contributed by atoms with Crippen LogP contribution in [0.3, 0.4) is 0 Å². The van der Waals surface area contributed by atoms with E-state index in [1.165, 1.54) is 4.31 Å². The highest BCUT2D eigenvalue weighted by atomic mass is 32.2. The Bertz CT molecular complexity index is 545. The zero-order valence-corrected chi connectivity index (χ0v) is 12.7. The molecule has 0 bridgehead atoms. The van der Waals surface area contributed by atoms with Gasteiger partial charge in [0.15, 0.2) is 0 Å². The summed E-state index contributed by atoms with van der Waals surface area (Å²) in [5.41, 5.74) is 7.75. The van der Waals surface area contributed by atoms with Crippen LogP contribution in [0.5, 0.6) is 0 Å². The van der Waals surface area contributed by atoms with Crippen molar-refractivity contribution in [3.05, 3.63) is 35.4 Å². The van der Waals surface area contributed by atoms with E-state index in [0.717, 1.165) is 24.0 Å². The molecule has 20 heavy (non-hydrogen) atoms. The third kappa shape index (κ3) is 4.02. The molecule has 1 aliphatic heterocycles. The number of nitrogens with one attached hydrogen (secondary N) is 1. The number of nitrogens with zero attached hydrogens (tertiary/aromatic N) is 1. The lowest BCUT2D eigenvalue weighted by atomic mass is 10.0. The minimum absolute atomic E-state index is 0.277. The third-order valence-corrected chi connectivity index (χ3v) is 5.22. The van der Waals surface area contributed by atoms with Gasteiger partial charge in [0.2, 0.25) is 0 Å². The van der Waals surface area contributed by atoms with E-state index in [9.17, 15) is 8.42 Å². The van der Waals surface area contributed by atoms with E-state index < -0.39 is 10.2 Å². The largest absolute Gasteiger partial charge is 0.330 e. The van der Waals surface area contributed by atoms with E-state index in [0.29, 0.717) is 26.2 Å². The fourth-order valence-corrected chi connectivity index (χ4v) is 3.83.